The minimum atomic E-state index is -0.741. The summed E-state index contributed by atoms with van der Waals surface area (Å²) in [6.45, 7) is 0. The highest BCUT2D eigenvalue weighted by molar-refractivity contribution is 6.33. The Morgan fingerprint density at radius 3 is 2.69 bits per heavy atom. The highest BCUT2D eigenvalue weighted by Gasteiger charge is 2.10. The number of carbonyl (C=O) groups is 2. The molecule has 16 heavy (non-hydrogen) atoms. The molecule has 0 aliphatic heterocycles. The smallest absolute Gasteiger partial charge is 0.339 e. The van der Waals surface area contributed by atoms with E-state index in [1.165, 1.54) is 19.2 Å². The molecule has 0 aliphatic rings. The third-order valence-corrected chi connectivity index (χ3v) is 2.03. The highest BCUT2D eigenvalue weighted by atomic mass is 35.5. The van der Waals surface area contributed by atoms with Gasteiger partial charge in [-0.1, -0.05) is 17.5 Å². The quantitative estimate of drug-likeness (QED) is 0.584. The van der Waals surface area contributed by atoms with Crippen LogP contribution < -0.4 is 5.73 Å². The van der Waals surface area contributed by atoms with Crippen molar-refractivity contribution < 1.29 is 14.3 Å². The zero-order valence-electron chi connectivity index (χ0n) is 8.41. The molecular weight excluding hydrogens is 230 g/mol. The summed E-state index contributed by atoms with van der Waals surface area (Å²) in [5.41, 5.74) is 5.52. The molecular formula is C11H8ClNO3. The molecule has 2 N–H and O–H groups in total. The van der Waals surface area contributed by atoms with Crippen molar-refractivity contribution in [1.29, 1.82) is 0 Å². The molecule has 1 rings (SSSR count). The number of halogens is 1. The molecule has 5 heteroatoms. The topological polar surface area (TPSA) is 69.4 Å². The fourth-order valence-corrected chi connectivity index (χ4v) is 1.20. The summed E-state index contributed by atoms with van der Waals surface area (Å²) >= 11 is 5.79. The fourth-order valence-electron chi connectivity index (χ4n) is 1.00. The van der Waals surface area contributed by atoms with Crippen LogP contribution >= 0.6 is 11.6 Å². The predicted molar refractivity (Wildman–Crippen MR) is 58.9 cm³/mol. The van der Waals surface area contributed by atoms with Crippen LogP contribution in [0.1, 0.15) is 15.9 Å². The van der Waals surface area contributed by atoms with Crippen LogP contribution in [-0.2, 0) is 9.53 Å². The van der Waals surface area contributed by atoms with Gasteiger partial charge in [0.05, 0.1) is 17.7 Å². The van der Waals surface area contributed by atoms with Crippen LogP contribution in [0.4, 0.5) is 0 Å². The zero-order chi connectivity index (χ0) is 12.1. The third kappa shape index (κ3) is 3.01. The molecule has 0 saturated heterocycles. The molecule has 1 aromatic rings. The number of ether oxygens (including phenoxy) is 1. The van der Waals surface area contributed by atoms with E-state index in [4.69, 9.17) is 17.3 Å². The highest BCUT2D eigenvalue weighted by Crippen LogP contribution is 2.18. The van der Waals surface area contributed by atoms with Gasteiger partial charge < -0.3 is 10.5 Å². The van der Waals surface area contributed by atoms with Gasteiger partial charge in [0.25, 0.3) is 5.91 Å². The van der Waals surface area contributed by atoms with Gasteiger partial charge in [0.2, 0.25) is 0 Å². The number of hydrogen-bond acceptors (Lipinski definition) is 3. The molecule has 0 fully saturated rings. The van der Waals surface area contributed by atoms with Crippen molar-refractivity contribution in [3.63, 3.8) is 0 Å². The van der Waals surface area contributed by atoms with Crippen molar-refractivity contribution in [1.82, 2.24) is 0 Å². The molecule has 1 aromatic carbocycles. The number of carbonyl (C=O) groups excluding carboxylic acids is 2. The van der Waals surface area contributed by atoms with E-state index in [2.05, 4.69) is 16.6 Å². The van der Waals surface area contributed by atoms with Crippen LogP contribution in [0.25, 0.3) is 0 Å². The summed E-state index contributed by atoms with van der Waals surface area (Å²) in [5.74, 6) is 3.36. The van der Waals surface area contributed by atoms with Crippen LogP contribution in [0.5, 0.6) is 0 Å². The van der Waals surface area contributed by atoms with Crippen LogP contribution in [0.3, 0.4) is 0 Å². The van der Waals surface area contributed by atoms with Gasteiger partial charge in [-0.2, -0.15) is 0 Å². The lowest BCUT2D eigenvalue weighted by molar-refractivity contribution is -0.112. The molecule has 0 aliphatic carbocycles. The van der Waals surface area contributed by atoms with Gasteiger partial charge in [-0.05, 0) is 24.1 Å². The Kier molecular flexibility index (Phi) is 3.92. The maximum atomic E-state index is 11.3. The van der Waals surface area contributed by atoms with Crippen molar-refractivity contribution in [2.24, 2.45) is 5.73 Å². The van der Waals surface area contributed by atoms with E-state index in [1.54, 1.807) is 6.07 Å². The van der Waals surface area contributed by atoms with Crippen LogP contribution in [-0.4, -0.2) is 19.0 Å². The molecule has 0 atom stereocenters. The second-order valence-electron chi connectivity index (χ2n) is 2.80. The molecule has 82 valence electrons. The largest absolute Gasteiger partial charge is 0.465 e. The summed E-state index contributed by atoms with van der Waals surface area (Å²) in [7, 11) is 1.25. The normalized spacial score (nSPS) is 8.88. The second kappa shape index (κ2) is 5.19. The van der Waals surface area contributed by atoms with E-state index in [-0.39, 0.29) is 10.6 Å². The van der Waals surface area contributed by atoms with Gasteiger partial charge in [-0.3, -0.25) is 4.79 Å². The molecule has 0 spiro atoms. The van der Waals surface area contributed by atoms with Gasteiger partial charge in [-0.25, -0.2) is 4.79 Å². The molecule has 0 heterocycles. The third-order valence-electron chi connectivity index (χ3n) is 1.70. The second-order valence-corrected chi connectivity index (χ2v) is 3.21. The Balaban J connectivity index is 3.14. The first-order chi connectivity index (χ1) is 7.54. The minimum Gasteiger partial charge on any atom is -0.465 e. The van der Waals surface area contributed by atoms with Gasteiger partial charge in [0, 0.05) is 5.56 Å². The maximum Gasteiger partial charge on any atom is 0.339 e. The van der Waals surface area contributed by atoms with Gasteiger partial charge >= 0.3 is 5.97 Å². The molecule has 0 unspecified atom stereocenters. The average molecular weight is 238 g/mol. The average Bonchev–Trinajstić information content (AvgIpc) is 2.27. The number of rotatable bonds is 1. The number of amides is 1. The predicted octanol–water partition coefficient (Wildman–Crippen LogP) is 0.963. The van der Waals surface area contributed by atoms with E-state index in [9.17, 15) is 9.59 Å². The van der Waals surface area contributed by atoms with Gasteiger partial charge in [0.15, 0.2) is 0 Å². The fraction of sp³-hybridized carbons (Fsp3) is 0.0909. The minimum absolute atomic E-state index is 0.195. The van der Waals surface area contributed by atoms with E-state index in [0.717, 1.165) is 0 Å². The van der Waals surface area contributed by atoms with Crippen molar-refractivity contribution in [3.05, 3.63) is 34.3 Å². The van der Waals surface area contributed by atoms with Crippen molar-refractivity contribution in [3.8, 4) is 11.8 Å². The molecule has 0 aromatic heterocycles. The van der Waals surface area contributed by atoms with Crippen LogP contribution in [0.15, 0.2) is 18.2 Å². The lowest BCUT2D eigenvalue weighted by Gasteiger charge is -2.01. The Morgan fingerprint density at radius 2 is 2.12 bits per heavy atom. The molecule has 0 radical (unpaired) electrons. The molecule has 0 bridgehead atoms. The summed E-state index contributed by atoms with van der Waals surface area (Å²) in [5, 5.41) is 0.261. The standard InChI is InChI=1S/C11H8ClNO3/c1-16-11(15)8-6-7(2-4-9(8)12)3-5-10(13)14/h2,4,6H,1H3,(H2,13,14). The van der Waals surface area contributed by atoms with E-state index in [0.29, 0.717) is 5.56 Å². The summed E-state index contributed by atoms with van der Waals surface area (Å²) in [6, 6.07) is 4.51. The number of esters is 1. The number of benzene rings is 1. The molecule has 0 saturated carbocycles. The number of hydrogen-bond donors (Lipinski definition) is 1. The van der Waals surface area contributed by atoms with Gasteiger partial charge in [0.1, 0.15) is 0 Å². The Hall–Kier alpha value is -1.99. The van der Waals surface area contributed by atoms with Crippen LogP contribution in [0, 0.1) is 11.8 Å². The Bertz CT molecular complexity index is 500. The van der Waals surface area contributed by atoms with E-state index < -0.39 is 11.9 Å². The SMILES string of the molecule is COC(=O)c1cc(C#CC(N)=O)ccc1Cl. The van der Waals surface area contributed by atoms with Gasteiger partial charge in [-0.15, -0.1) is 0 Å². The van der Waals surface area contributed by atoms with E-state index in [1.807, 2.05) is 0 Å². The monoisotopic (exact) mass is 237 g/mol. The summed E-state index contributed by atoms with van der Waals surface area (Å²) in [6.07, 6.45) is 0. The number of methoxy groups -OCH3 is 1. The molecule has 1 amide bonds. The lowest BCUT2D eigenvalue weighted by atomic mass is 10.1. The first-order valence-corrected chi connectivity index (χ1v) is 4.61. The number of primary amides is 1. The Labute approximate surface area is 97.3 Å². The molecule has 4 nitrogen and oxygen atoms in total. The van der Waals surface area contributed by atoms with E-state index >= 15 is 0 Å². The lowest BCUT2D eigenvalue weighted by Crippen LogP contribution is -2.06. The van der Waals surface area contributed by atoms with Crippen molar-refractivity contribution >= 4 is 23.5 Å². The Morgan fingerprint density at radius 1 is 1.44 bits per heavy atom. The summed E-state index contributed by atoms with van der Waals surface area (Å²) < 4.78 is 4.53. The van der Waals surface area contributed by atoms with Crippen molar-refractivity contribution in [2.45, 2.75) is 0 Å². The zero-order valence-corrected chi connectivity index (χ0v) is 9.17. The van der Waals surface area contributed by atoms with Crippen molar-refractivity contribution in [2.75, 3.05) is 7.11 Å². The van der Waals surface area contributed by atoms with Crippen LogP contribution in [0.2, 0.25) is 5.02 Å². The first kappa shape index (κ1) is 12.1. The first-order valence-electron chi connectivity index (χ1n) is 4.24. The summed E-state index contributed by atoms with van der Waals surface area (Å²) in [4.78, 5) is 21.7. The maximum absolute atomic E-state index is 11.3. The number of nitrogens with two attached hydrogens (primary N) is 1.